The molecule has 0 aromatic carbocycles. The van der Waals surface area contributed by atoms with Gasteiger partial charge in [0.25, 0.3) is 0 Å². The highest BCUT2D eigenvalue weighted by Gasteiger charge is 2.24. The Hall–Kier alpha value is -0.950. The average molecular weight is 325 g/mol. The third kappa shape index (κ3) is 4.28. The molecule has 0 spiro atoms. The number of aliphatic hydroxyl groups excluding tert-OH is 1. The number of nitrogens with zero attached hydrogens (tertiary/aromatic N) is 2. The van der Waals surface area contributed by atoms with Crippen LogP contribution >= 0.6 is 24.8 Å². The molecule has 116 valence electrons. The topological polar surface area (TPSA) is 83.6 Å². The number of aliphatic hydroxyl groups is 1. The van der Waals surface area contributed by atoms with Crippen LogP contribution in [0.15, 0.2) is 12.3 Å². The van der Waals surface area contributed by atoms with Gasteiger partial charge >= 0.3 is 0 Å². The smallest absolute Gasteiger partial charge is 0.147 e. The predicted molar refractivity (Wildman–Crippen MR) is 85.4 cm³/mol. The first-order chi connectivity index (χ1) is 8.61. The van der Waals surface area contributed by atoms with Gasteiger partial charge in [0.05, 0.1) is 31.1 Å². The Balaban J connectivity index is 0.00000180. The van der Waals surface area contributed by atoms with Crippen molar-refractivity contribution in [2.45, 2.75) is 19.1 Å². The Labute approximate surface area is 131 Å². The Morgan fingerprint density at radius 1 is 1.55 bits per heavy atom. The van der Waals surface area contributed by atoms with Gasteiger partial charge in [0.15, 0.2) is 0 Å². The van der Waals surface area contributed by atoms with E-state index in [2.05, 4.69) is 15.2 Å². The number of methoxy groups -OCH3 is 1. The summed E-state index contributed by atoms with van der Waals surface area (Å²) in [5.41, 5.74) is 6.56. The van der Waals surface area contributed by atoms with Crippen molar-refractivity contribution in [2.24, 2.45) is 0 Å². The lowest BCUT2D eigenvalue weighted by Crippen LogP contribution is -2.55. The monoisotopic (exact) mass is 324 g/mol. The molecule has 4 N–H and O–H groups in total. The van der Waals surface area contributed by atoms with E-state index in [1.54, 1.807) is 26.3 Å². The van der Waals surface area contributed by atoms with Gasteiger partial charge in [-0.15, -0.1) is 24.8 Å². The molecule has 1 aliphatic heterocycles. The van der Waals surface area contributed by atoms with Crippen LogP contribution in [0.4, 0.5) is 11.5 Å². The lowest BCUT2D eigenvalue weighted by atomic mass is 10.1. The number of ether oxygens (including phenoxy) is 1. The number of hydrogen-bond acceptors (Lipinski definition) is 6. The Morgan fingerprint density at radius 2 is 2.25 bits per heavy atom. The number of aromatic nitrogens is 1. The van der Waals surface area contributed by atoms with Gasteiger partial charge in [0.1, 0.15) is 11.6 Å². The zero-order chi connectivity index (χ0) is 13.1. The highest BCUT2D eigenvalue weighted by Crippen LogP contribution is 2.29. The first-order valence-corrected chi connectivity index (χ1v) is 6.07. The van der Waals surface area contributed by atoms with E-state index < -0.39 is 0 Å². The van der Waals surface area contributed by atoms with E-state index in [4.69, 9.17) is 10.5 Å². The molecule has 8 heteroatoms. The van der Waals surface area contributed by atoms with E-state index in [1.165, 1.54) is 0 Å². The molecule has 20 heavy (non-hydrogen) atoms. The van der Waals surface area contributed by atoms with Gasteiger partial charge in [-0.25, -0.2) is 4.98 Å². The molecule has 0 saturated carbocycles. The van der Waals surface area contributed by atoms with Crippen LogP contribution in [-0.2, 0) is 0 Å². The second kappa shape index (κ2) is 8.36. The van der Waals surface area contributed by atoms with E-state index in [9.17, 15) is 5.11 Å². The van der Waals surface area contributed by atoms with Gasteiger partial charge < -0.3 is 25.8 Å². The zero-order valence-electron chi connectivity index (χ0n) is 11.6. The van der Waals surface area contributed by atoms with Crippen LogP contribution in [0.25, 0.3) is 0 Å². The zero-order valence-corrected chi connectivity index (χ0v) is 13.2. The molecule has 1 aliphatic rings. The number of piperazine rings is 1. The van der Waals surface area contributed by atoms with Crippen molar-refractivity contribution < 1.29 is 9.84 Å². The molecule has 6 nitrogen and oxygen atoms in total. The third-order valence-electron chi connectivity index (χ3n) is 3.22. The summed E-state index contributed by atoms with van der Waals surface area (Å²) >= 11 is 0. The van der Waals surface area contributed by atoms with Crippen LogP contribution in [0.5, 0.6) is 5.75 Å². The van der Waals surface area contributed by atoms with Crippen molar-refractivity contribution in [1.29, 1.82) is 0 Å². The Bertz CT molecular complexity index is 420. The van der Waals surface area contributed by atoms with Crippen molar-refractivity contribution in [3.05, 3.63) is 12.3 Å². The van der Waals surface area contributed by atoms with Gasteiger partial charge in [0.2, 0.25) is 0 Å². The maximum Gasteiger partial charge on any atom is 0.147 e. The number of anilines is 2. The van der Waals surface area contributed by atoms with Crippen LogP contribution in [0, 0.1) is 0 Å². The summed E-state index contributed by atoms with van der Waals surface area (Å²) in [5, 5.41) is 12.9. The fraction of sp³-hybridized carbons (Fsp3) is 0.583. The molecule has 1 fully saturated rings. The molecule has 1 aromatic heterocycles. The molecular formula is C12H22Cl2N4O2. The second-order valence-electron chi connectivity index (χ2n) is 4.53. The molecule has 0 radical (unpaired) electrons. The standard InChI is InChI=1S/C12H20N4O2.2ClH/c1-8(17)9-7-16(4-3-14-9)10-6-15-12(13)5-11(10)18-2;;/h5-6,8-9,14,17H,3-4,7H2,1-2H3,(H2,13,15);2*1H/t8?,9-;;/m1../s1. The summed E-state index contributed by atoms with van der Waals surface area (Å²) in [6.07, 6.45) is 1.33. The maximum atomic E-state index is 9.66. The van der Waals surface area contributed by atoms with Gasteiger partial charge in [-0.3, -0.25) is 0 Å². The molecule has 1 aromatic rings. The minimum atomic E-state index is -0.388. The van der Waals surface area contributed by atoms with E-state index in [-0.39, 0.29) is 37.0 Å². The van der Waals surface area contributed by atoms with Crippen molar-refractivity contribution >= 4 is 36.3 Å². The largest absolute Gasteiger partial charge is 0.494 e. The molecule has 1 unspecified atom stereocenters. The lowest BCUT2D eigenvalue weighted by molar-refractivity contribution is 0.141. The van der Waals surface area contributed by atoms with Crippen LogP contribution < -0.4 is 20.7 Å². The Kier molecular flexibility index (Phi) is 7.96. The third-order valence-corrected chi connectivity index (χ3v) is 3.22. The number of nitrogens with one attached hydrogen (secondary N) is 1. The molecule has 0 amide bonds. The Morgan fingerprint density at radius 3 is 2.85 bits per heavy atom. The molecule has 2 rings (SSSR count). The first-order valence-electron chi connectivity index (χ1n) is 6.07. The van der Waals surface area contributed by atoms with E-state index in [1.807, 2.05) is 0 Å². The normalized spacial score (nSPS) is 19.6. The molecule has 1 saturated heterocycles. The average Bonchev–Trinajstić information content (AvgIpc) is 2.38. The molecule has 2 heterocycles. The summed E-state index contributed by atoms with van der Waals surface area (Å²) in [4.78, 5) is 6.26. The maximum absolute atomic E-state index is 9.66. The minimum absolute atomic E-state index is 0. The number of hydrogen-bond donors (Lipinski definition) is 3. The van der Waals surface area contributed by atoms with E-state index >= 15 is 0 Å². The van der Waals surface area contributed by atoms with Crippen LogP contribution in [0.1, 0.15) is 6.92 Å². The summed E-state index contributed by atoms with van der Waals surface area (Å²) in [5.74, 6) is 1.16. The number of nitrogens with two attached hydrogens (primary N) is 1. The number of rotatable bonds is 3. The summed E-state index contributed by atoms with van der Waals surface area (Å²) < 4.78 is 5.33. The SMILES string of the molecule is COc1cc(N)ncc1N1CCN[C@@H](C(C)O)C1.Cl.Cl. The fourth-order valence-corrected chi connectivity index (χ4v) is 2.17. The molecule has 0 aliphatic carbocycles. The molecular weight excluding hydrogens is 303 g/mol. The summed E-state index contributed by atoms with van der Waals surface area (Å²) in [6, 6.07) is 1.77. The lowest BCUT2D eigenvalue weighted by Gasteiger charge is -2.36. The first kappa shape index (κ1) is 19.1. The van der Waals surface area contributed by atoms with Gasteiger partial charge in [0, 0.05) is 25.7 Å². The predicted octanol–water partition coefficient (Wildman–Crippen LogP) is 0.675. The highest BCUT2D eigenvalue weighted by molar-refractivity contribution is 5.85. The minimum Gasteiger partial charge on any atom is -0.494 e. The molecule has 0 bridgehead atoms. The fourth-order valence-electron chi connectivity index (χ4n) is 2.17. The van der Waals surface area contributed by atoms with E-state index in [0.29, 0.717) is 11.6 Å². The van der Waals surface area contributed by atoms with Crippen molar-refractivity contribution in [2.75, 3.05) is 37.4 Å². The number of nitrogen functional groups attached to an aromatic ring is 1. The van der Waals surface area contributed by atoms with Gasteiger partial charge in [-0.2, -0.15) is 0 Å². The van der Waals surface area contributed by atoms with Gasteiger partial charge in [-0.1, -0.05) is 0 Å². The molecule has 2 atom stereocenters. The second-order valence-corrected chi connectivity index (χ2v) is 4.53. The quantitative estimate of drug-likeness (QED) is 0.758. The van der Waals surface area contributed by atoms with Gasteiger partial charge in [-0.05, 0) is 6.92 Å². The van der Waals surface area contributed by atoms with Crippen molar-refractivity contribution in [1.82, 2.24) is 10.3 Å². The van der Waals surface area contributed by atoms with Crippen LogP contribution in [0.3, 0.4) is 0 Å². The highest BCUT2D eigenvalue weighted by atomic mass is 35.5. The van der Waals surface area contributed by atoms with Crippen LogP contribution in [-0.4, -0.2) is 49.0 Å². The summed E-state index contributed by atoms with van der Waals surface area (Å²) in [6.45, 7) is 4.19. The van der Waals surface area contributed by atoms with Crippen molar-refractivity contribution in [3.63, 3.8) is 0 Å². The van der Waals surface area contributed by atoms with E-state index in [0.717, 1.165) is 25.3 Å². The number of pyridine rings is 1. The van der Waals surface area contributed by atoms with Crippen LogP contribution in [0.2, 0.25) is 0 Å². The van der Waals surface area contributed by atoms with Crippen molar-refractivity contribution in [3.8, 4) is 5.75 Å². The number of halogens is 2. The summed E-state index contributed by atoms with van der Waals surface area (Å²) in [7, 11) is 1.62.